The zero-order valence-corrected chi connectivity index (χ0v) is 10.9. The fourth-order valence-electron chi connectivity index (χ4n) is 1.57. The molecule has 0 spiro atoms. The minimum Gasteiger partial charge on any atom is -0.368 e. The molecule has 0 aliphatic heterocycles. The Morgan fingerprint density at radius 3 is 2.94 bits per heavy atom. The van der Waals surface area contributed by atoms with Gasteiger partial charge in [0.15, 0.2) is 0 Å². The van der Waals surface area contributed by atoms with Gasteiger partial charge in [0.25, 0.3) is 0 Å². The molecular weight excluding hydrogens is 248 g/mol. The number of hydrogen-bond acceptors (Lipinski definition) is 7. The van der Waals surface area contributed by atoms with Crippen molar-refractivity contribution >= 4 is 28.9 Å². The summed E-state index contributed by atoms with van der Waals surface area (Å²) >= 11 is 1.75. The lowest BCUT2D eigenvalue weighted by molar-refractivity contribution is 0.866. The molecule has 18 heavy (non-hydrogen) atoms. The molecular formula is C11H16N6S. The van der Waals surface area contributed by atoms with E-state index in [0.717, 1.165) is 18.8 Å². The number of rotatable bonds is 5. The van der Waals surface area contributed by atoms with Crippen molar-refractivity contribution in [2.75, 3.05) is 29.7 Å². The predicted molar refractivity (Wildman–Crippen MR) is 75.5 cm³/mol. The molecule has 6 nitrogen and oxygen atoms in total. The van der Waals surface area contributed by atoms with Gasteiger partial charge >= 0.3 is 0 Å². The highest BCUT2D eigenvalue weighted by Crippen LogP contribution is 2.16. The number of thiophene rings is 1. The fourth-order valence-corrected chi connectivity index (χ4v) is 2.27. The van der Waals surface area contributed by atoms with Crippen LogP contribution in [0.1, 0.15) is 4.88 Å². The monoisotopic (exact) mass is 264 g/mol. The molecule has 0 bridgehead atoms. The van der Waals surface area contributed by atoms with E-state index < -0.39 is 0 Å². The standard InChI is InChI=1S/C11H16N6S/c1-17(5-4-8-3-2-6-18-8)10-7-9(16-13)14-11(12)15-10/h2-3,6-7H,4-5,13H2,1H3,(H3,12,14,15,16). The third-order valence-corrected chi connectivity index (χ3v) is 3.48. The molecule has 0 aliphatic rings. The first-order valence-corrected chi connectivity index (χ1v) is 6.41. The highest BCUT2D eigenvalue weighted by atomic mass is 32.1. The number of nitrogens with zero attached hydrogens (tertiary/aromatic N) is 3. The number of hydrogen-bond donors (Lipinski definition) is 3. The van der Waals surface area contributed by atoms with Crippen molar-refractivity contribution in [1.82, 2.24) is 9.97 Å². The van der Waals surface area contributed by atoms with Crippen molar-refractivity contribution in [3.63, 3.8) is 0 Å². The highest BCUT2D eigenvalue weighted by molar-refractivity contribution is 7.09. The predicted octanol–water partition coefficient (Wildman–Crippen LogP) is 1.08. The van der Waals surface area contributed by atoms with E-state index in [1.165, 1.54) is 4.88 Å². The normalized spacial score (nSPS) is 10.3. The lowest BCUT2D eigenvalue weighted by atomic mass is 10.3. The molecule has 0 saturated heterocycles. The van der Waals surface area contributed by atoms with Crippen LogP contribution in [0.4, 0.5) is 17.6 Å². The van der Waals surface area contributed by atoms with Gasteiger partial charge in [-0.25, -0.2) is 5.84 Å². The Kier molecular flexibility index (Phi) is 3.96. The third kappa shape index (κ3) is 3.08. The Morgan fingerprint density at radius 1 is 1.44 bits per heavy atom. The zero-order valence-electron chi connectivity index (χ0n) is 10.1. The summed E-state index contributed by atoms with van der Waals surface area (Å²) < 4.78 is 0. The minimum absolute atomic E-state index is 0.212. The first-order valence-electron chi connectivity index (χ1n) is 5.53. The fraction of sp³-hybridized carbons (Fsp3) is 0.273. The maximum Gasteiger partial charge on any atom is 0.223 e. The maximum absolute atomic E-state index is 5.62. The molecule has 2 aromatic rings. The number of likely N-dealkylation sites (N-methyl/N-ethyl adjacent to an activating group) is 1. The lowest BCUT2D eigenvalue weighted by Crippen LogP contribution is -2.22. The molecule has 2 aromatic heterocycles. The van der Waals surface area contributed by atoms with Crippen LogP contribution in [0.2, 0.25) is 0 Å². The number of nitrogens with two attached hydrogens (primary N) is 2. The van der Waals surface area contributed by atoms with Crippen LogP contribution in [0.25, 0.3) is 0 Å². The van der Waals surface area contributed by atoms with E-state index in [-0.39, 0.29) is 5.95 Å². The Bertz CT molecular complexity index is 498. The average molecular weight is 264 g/mol. The van der Waals surface area contributed by atoms with E-state index in [9.17, 15) is 0 Å². The van der Waals surface area contributed by atoms with Crippen molar-refractivity contribution < 1.29 is 0 Å². The Morgan fingerprint density at radius 2 is 2.28 bits per heavy atom. The molecule has 5 N–H and O–H groups in total. The molecule has 2 heterocycles. The van der Waals surface area contributed by atoms with Gasteiger partial charge in [-0.1, -0.05) is 6.07 Å². The van der Waals surface area contributed by atoms with Crippen molar-refractivity contribution in [3.8, 4) is 0 Å². The number of anilines is 3. The molecule has 0 unspecified atom stereocenters. The molecule has 0 radical (unpaired) electrons. The smallest absolute Gasteiger partial charge is 0.223 e. The van der Waals surface area contributed by atoms with Gasteiger partial charge in [-0.05, 0) is 17.9 Å². The summed E-state index contributed by atoms with van der Waals surface area (Å²) in [4.78, 5) is 11.5. The first kappa shape index (κ1) is 12.6. The second-order valence-electron chi connectivity index (χ2n) is 3.86. The molecule has 0 amide bonds. The van der Waals surface area contributed by atoms with E-state index in [0.29, 0.717) is 5.82 Å². The number of aromatic nitrogens is 2. The SMILES string of the molecule is CN(CCc1cccs1)c1cc(NN)nc(N)n1. The Balaban J connectivity index is 2.03. The van der Waals surface area contributed by atoms with E-state index in [1.54, 1.807) is 17.4 Å². The summed E-state index contributed by atoms with van der Waals surface area (Å²) in [5.41, 5.74) is 8.10. The van der Waals surface area contributed by atoms with Crippen molar-refractivity contribution in [1.29, 1.82) is 0 Å². The highest BCUT2D eigenvalue weighted by Gasteiger charge is 2.07. The quantitative estimate of drug-likeness (QED) is 0.553. The van der Waals surface area contributed by atoms with Gasteiger partial charge < -0.3 is 16.1 Å². The van der Waals surface area contributed by atoms with Crippen LogP contribution >= 0.6 is 11.3 Å². The van der Waals surface area contributed by atoms with Crippen molar-refractivity contribution in [2.45, 2.75) is 6.42 Å². The summed E-state index contributed by atoms with van der Waals surface area (Å²) in [6.45, 7) is 0.862. The van der Waals surface area contributed by atoms with Crippen LogP contribution in [-0.4, -0.2) is 23.6 Å². The minimum atomic E-state index is 0.212. The van der Waals surface area contributed by atoms with Crippen LogP contribution in [0.3, 0.4) is 0 Å². The van der Waals surface area contributed by atoms with Crippen LogP contribution < -0.4 is 21.9 Å². The second-order valence-corrected chi connectivity index (χ2v) is 4.90. The van der Waals surface area contributed by atoms with Gasteiger partial charge in [-0.15, -0.1) is 11.3 Å². The Hall–Kier alpha value is -1.86. The zero-order chi connectivity index (χ0) is 13.0. The van der Waals surface area contributed by atoms with E-state index in [2.05, 4.69) is 32.9 Å². The number of nitrogen functional groups attached to an aromatic ring is 2. The molecule has 0 aromatic carbocycles. The second kappa shape index (κ2) is 5.65. The molecule has 0 saturated carbocycles. The van der Waals surface area contributed by atoms with Crippen molar-refractivity contribution in [3.05, 3.63) is 28.5 Å². The molecule has 0 atom stereocenters. The summed E-state index contributed by atoms with van der Waals surface area (Å²) in [5, 5.41) is 2.08. The Labute approximate surface area is 110 Å². The first-order chi connectivity index (χ1) is 8.69. The molecule has 0 aliphatic carbocycles. The van der Waals surface area contributed by atoms with E-state index in [1.807, 2.05) is 11.9 Å². The summed E-state index contributed by atoms with van der Waals surface area (Å²) in [5.74, 6) is 6.81. The van der Waals surface area contributed by atoms with Gasteiger partial charge in [0.2, 0.25) is 5.95 Å². The summed E-state index contributed by atoms with van der Waals surface area (Å²) in [7, 11) is 1.97. The molecule has 96 valence electrons. The van der Waals surface area contributed by atoms with Crippen LogP contribution in [0, 0.1) is 0 Å². The van der Waals surface area contributed by atoms with Gasteiger partial charge in [-0.2, -0.15) is 9.97 Å². The molecule has 0 fully saturated rings. The molecule has 2 rings (SSSR count). The van der Waals surface area contributed by atoms with E-state index >= 15 is 0 Å². The largest absolute Gasteiger partial charge is 0.368 e. The van der Waals surface area contributed by atoms with Gasteiger partial charge in [0.05, 0.1) is 0 Å². The average Bonchev–Trinajstić information content (AvgIpc) is 2.88. The van der Waals surface area contributed by atoms with Crippen LogP contribution in [0.15, 0.2) is 23.6 Å². The topological polar surface area (TPSA) is 93.1 Å². The third-order valence-electron chi connectivity index (χ3n) is 2.54. The maximum atomic E-state index is 5.62. The number of nitrogens with one attached hydrogen (secondary N) is 1. The number of hydrazine groups is 1. The van der Waals surface area contributed by atoms with Gasteiger partial charge in [0, 0.05) is 24.5 Å². The van der Waals surface area contributed by atoms with Crippen LogP contribution in [-0.2, 0) is 6.42 Å². The lowest BCUT2D eigenvalue weighted by Gasteiger charge is -2.18. The van der Waals surface area contributed by atoms with E-state index in [4.69, 9.17) is 11.6 Å². The van der Waals surface area contributed by atoms with Crippen molar-refractivity contribution in [2.24, 2.45) is 5.84 Å². The van der Waals surface area contributed by atoms with Crippen LogP contribution in [0.5, 0.6) is 0 Å². The van der Waals surface area contributed by atoms with Gasteiger partial charge in [0.1, 0.15) is 11.6 Å². The summed E-state index contributed by atoms with van der Waals surface area (Å²) in [6.07, 6.45) is 0.976. The summed E-state index contributed by atoms with van der Waals surface area (Å²) in [6, 6.07) is 5.95. The van der Waals surface area contributed by atoms with Gasteiger partial charge in [-0.3, -0.25) is 0 Å². The molecule has 7 heteroatoms.